The Labute approximate surface area is 226 Å². The lowest BCUT2D eigenvalue weighted by Crippen LogP contribution is -2.39. The Morgan fingerprint density at radius 1 is 1.18 bits per heavy atom. The van der Waals surface area contributed by atoms with E-state index in [-0.39, 0.29) is 27.4 Å². The van der Waals surface area contributed by atoms with Crippen LogP contribution in [0.4, 0.5) is 19.0 Å². The Morgan fingerprint density at radius 3 is 2.45 bits per heavy atom. The number of hydrogen-bond donors (Lipinski definition) is 0. The van der Waals surface area contributed by atoms with Gasteiger partial charge in [-0.3, -0.25) is 4.90 Å². The lowest BCUT2D eigenvalue weighted by atomic mass is 10.0. The van der Waals surface area contributed by atoms with Crippen LogP contribution in [0.1, 0.15) is 31.4 Å². The second-order valence-electron chi connectivity index (χ2n) is 8.49. The molecular formula is C24H23ClF3N3O5S2. The van der Waals surface area contributed by atoms with E-state index in [9.17, 15) is 26.4 Å². The van der Waals surface area contributed by atoms with Crippen molar-refractivity contribution >= 4 is 44.7 Å². The molecule has 0 radical (unpaired) electrons. The van der Waals surface area contributed by atoms with Crippen molar-refractivity contribution in [2.24, 2.45) is 0 Å². The van der Waals surface area contributed by atoms with Crippen LogP contribution in [-0.4, -0.2) is 49.6 Å². The maximum absolute atomic E-state index is 13.1. The number of carbonyl (C=O) groups excluding carboxylic acids is 1. The molecule has 14 heteroatoms. The van der Waals surface area contributed by atoms with Crippen LogP contribution in [-0.2, 0) is 19.7 Å². The number of halogens is 4. The predicted octanol–water partition coefficient (Wildman–Crippen LogP) is 5.62. The summed E-state index contributed by atoms with van der Waals surface area (Å²) in [6, 6.07) is 13.9. The fourth-order valence-corrected chi connectivity index (χ4v) is 6.05. The van der Waals surface area contributed by atoms with Crippen molar-refractivity contribution in [1.82, 2.24) is 9.88 Å². The van der Waals surface area contributed by atoms with Crippen LogP contribution in [0.5, 0.6) is 5.75 Å². The molecule has 204 valence electrons. The molecule has 0 N–H and O–H groups in total. The van der Waals surface area contributed by atoms with Crippen molar-refractivity contribution in [2.45, 2.75) is 43.0 Å². The van der Waals surface area contributed by atoms with Gasteiger partial charge in [0.2, 0.25) is 0 Å². The number of nitrogens with zero attached hydrogens (tertiary/aromatic N) is 3. The highest BCUT2D eigenvalue weighted by atomic mass is 35.5. The minimum Gasteiger partial charge on any atom is -0.489 e. The van der Waals surface area contributed by atoms with E-state index in [0.717, 1.165) is 54.8 Å². The first-order chi connectivity index (χ1) is 18.0. The van der Waals surface area contributed by atoms with E-state index in [1.807, 2.05) is 18.2 Å². The third-order valence-electron chi connectivity index (χ3n) is 6.02. The quantitative estimate of drug-likeness (QED) is 0.315. The molecular weight excluding hydrogens is 567 g/mol. The average Bonchev–Trinajstić information content (AvgIpc) is 3.42. The number of piperidine rings is 1. The molecule has 1 fully saturated rings. The van der Waals surface area contributed by atoms with Crippen molar-refractivity contribution in [3.05, 3.63) is 70.0 Å². The predicted molar refractivity (Wildman–Crippen MR) is 135 cm³/mol. The van der Waals surface area contributed by atoms with Gasteiger partial charge in [-0.25, -0.2) is 9.78 Å². The third-order valence-corrected chi connectivity index (χ3v) is 8.44. The van der Waals surface area contributed by atoms with Gasteiger partial charge in [0.1, 0.15) is 11.9 Å². The fourth-order valence-electron chi connectivity index (χ4n) is 3.98. The topological polar surface area (TPSA) is 89.0 Å². The number of aromatic nitrogens is 1. The summed E-state index contributed by atoms with van der Waals surface area (Å²) >= 11 is 7.20. The zero-order valence-electron chi connectivity index (χ0n) is 20.0. The Balaban J connectivity index is 1.45. The molecule has 8 nitrogen and oxygen atoms in total. The maximum Gasteiger partial charge on any atom is 0.493 e. The lowest BCUT2D eigenvalue weighted by molar-refractivity contribution is -0.199. The monoisotopic (exact) mass is 589 g/mol. The Kier molecular flexibility index (Phi) is 8.50. The lowest BCUT2D eigenvalue weighted by Gasteiger charge is -2.36. The van der Waals surface area contributed by atoms with Crippen LogP contribution in [0, 0.1) is 0 Å². The van der Waals surface area contributed by atoms with Gasteiger partial charge in [0.25, 0.3) is 10.0 Å². The number of sulfonamides is 1. The van der Waals surface area contributed by atoms with Crippen LogP contribution in [0.25, 0.3) is 0 Å². The van der Waals surface area contributed by atoms with Gasteiger partial charge in [0, 0.05) is 24.5 Å². The summed E-state index contributed by atoms with van der Waals surface area (Å²) in [5.74, 6) is -3.00. The van der Waals surface area contributed by atoms with Gasteiger partial charge in [-0.1, -0.05) is 46.4 Å². The smallest absolute Gasteiger partial charge is 0.489 e. The summed E-state index contributed by atoms with van der Waals surface area (Å²) in [4.78, 5) is 21.1. The molecule has 0 amide bonds. The molecule has 0 unspecified atom stereocenters. The van der Waals surface area contributed by atoms with E-state index in [0.29, 0.717) is 0 Å². The SMILES string of the molecule is C[C@H](c1ccccc1)N1CCC(Oc2ccc(S(=O)(=O)N(OC(=O)C(F)(F)F)c3cscn3)cc2Cl)CC1. The van der Waals surface area contributed by atoms with Gasteiger partial charge < -0.3 is 9.57 Å². The number of hydrogen-bond acceptors (Lipinski definition) is 8. The summed E-state index contributed by atoms with van der Waals surface area (Å²) in [6.45, 7) is 3.73. The number of benzene rings is 2. The van der Waals surface area contributed by atoms with Crippen LogP contribution in [0.3, 0.4) is 0 Å². The normalized spacial score (nSPS) is 16.1. The van der Waals surface area contributed by atoms with E-state index in [1.165, 1.54) is 17.1 Å². The third kappa shape index (κ3) is 6.40. The second kappa shape index (κ2) is 11.5. The Bertz CT molecular complexity index is 1350. The van der Waals surface area contributed by atoms with E-state index in [2.05, 4.69) is 33.8 Å². The van der Waals surface area contributed by atoms with E-state index in [4.69, 9.17) is 16.3 Å². The van der Waals surface area contributed by atoms with Gasteiger partial charge in [-0.15, -0.1) is 11.3 Å². The van der Waals surface area contributed by atoms with E-state index < -0.39 is 32.9 Å². The molecule has 1 aromatic heterocycles. The number of carbonyl (C=O) groups is 1. The summed E-state index contributed by atoms with van der Waals surface area (Å²) in [5, 5.41) is 1.05. The number of rotatable bonds is 8. The van der Waals surface area contributed by atoms with Gasteiger partial charge >= 0.3 is 12.1 Å². The molecule has 0 saturated carbocycles. The molecule has 38 heavy (non-hydrogen) atoms. The van der Waals surface area contributed by atoms with Crippen LogP contribution >= 0.6 is 22.9 Å². The molecule has 1 saturated heterocycles. The van der Waals surface area contributed by atoms with Crippen molar-refractivity contribution in [3.8, 4) is 5.75 Å². The minimum absolute atomic E-state index is 0.0634. The van der Waals surface area contributed by atoms with Gasteiger partial charge in [0.15, 0.2) is 5.82 Å². The highest BCUT2D eigenvalue weighted by Crippen LogP contribution is 2.34. The second-order valence-corrected chi connectivity index (χ2v) is 11.4. The number of alkyl halides is 3. The molecule has 2 aromatic carbocycles. The van der Waals surface area contributed by atoms with Crippen LogP contribution < -0.4 is 9.21 Å². The first kappa shape index (κ1) is 28.1. The highest BCUT2D eigenvalue weighted by Gasteiger charge is 2.45. The van der Waals surface area contributed by atoms with E-state index >= 15 is 0 Å². The van der Waals surface area contributed by atoms with Crippen LogP contribution in [0.2, 0.25) is 5.02 Å². The van der Waals surface area contributed by atoms with Gasteiger partial charge in [-0.2, -0.15) is 21.6 Å². The summed E-state index contributed by atoms with van der Waals surface area (Å²) in [7, 11) is -4.81. The molecule has 3 aromatic rings. The molecule has 1 aliphatic rings. The number of likely N-dealkylation sites (tertiary alicyclic amines) is 1. The Morgan fingerprint density at radius 2 is 1.87 bits per heavy atom. The molecule has 1 aliphatic heterocycles. The van der Waals surface area contributed by atoms with Crippen molar-refractivity contribution in [2.75, 3.05) is 17.6 Å². The van der Waals surface area contributed by atoms with Crippen molar-refractivity contribution in [1.29, 1.82) is 0 Å². The maximum atomic E-state index is 13.1. The molecule has 4 rings (SSSR count). The molecule has 1 atom stereocenters. The number of thiazole rings is 1. The van der Waals surface area contributed by atoms with Gasteiger partial charge in [0.05, 0.1) is 15.4 Å². The number of anilines is 1. The first-order valence-electron chi connectivity index (χ1n) is 11.4. The molecule has 2 heterocycles. The average molecular weight is 590 g/mol. The van der Waals surface area contributed by atoms with E-state index in [1.54, 1.807) is 0 Å². The molecule has 0 bridgehead atoms. The summed E-state index contributed by atoms with van der Waals surface area (Å²) in [6.07, 6.45) is -4.14. The molecule has 0 aliphatic carbocycles. The van der Waals surface area contributed by atoms with Crippen molar-refractivity contribution in [3.63, 3.8) is 0 Å². The Hall–Kier alpha value is -2.87. The summed E-state index contributed by atoms with van der Waals surface area (Å²) < 4.78 is 70.4. The summed E-state index contributed by atoms with van der Waals surface area (Å²) in [5.41, 5.74) is 2.40. The standard InChI is InChI=1S/C24H23ClF3N3O5S2/c1-16(17-5-3-2-4-6-17)30-11-9-18(10-12-30)35-21-8-7-19(13-20(21)25)38(33,34)31(22-14-37-15-29-22)36-23(32)24(26,27)28/h2-8,13-16,18H,9-12H2,1H3/t16-/m1/s1. The number of ether oxygens (including phenoxy) is 1. The van der Waals surface area contributed by atoms with Crippen molar-refractivity contribution < 1.29 is 36.0 Å². The minimum atomic E-state index is -5.42. The first-order valence-corrected chi connectivity index (χ1v) is 14.2. The largest absolute Gasteiger partial charge is 0.493 e. The van der Waals surface area contributed by atoms with Crippen LogP contribution in [0.15, 0.2) is 64.3 Å². The zero-order chi connectivity index (χ0) is 27.5. The highest BCUT2D eigenvalue weighted by molar-refractivity contribution is 7.92. The fraction of sp³-hybridized carbons (Fsp3) is 0.333. The molecule has 0 spiro atoms. The zero-order valence-corrected chi connectivity index (χ0v) is 22.4. The van der Waals surface area contributed by atoms with Gasteiger partial charge in [-0.05, 0) is 43.5 Å².